The van der Waals surface area contributed by atoms with Crippen LogP contribution in [0.15, 0.2) is 12.2 Å². The minimum atomic E-state index is -1.62. The number of unbranched alkanes of at least 4 members (excludes halogenated alkanes) is 35. The van der Waals surface area contributed by atoms with Crippen LogP contribution < -0.4 is 5.11 Å². The van der Waals surface area contributed by atoms with Crippen molar-refractivity contribution >= 4 is 17.9 Å². The molecule has 0 aliphatic heterocycles. The van der Waals surface area contributed by atoms with Gasteiger partial charge in [0.05, 0.1) is 40.3 Å². The van der Waals surface area contributed by atoms with Crippen molar-refractivity contribution in [3.05, 3.63) is 12.2 Å². The number of nitrogens with zero attached hydrogens (tertiary/aromatic N) is 1. The van der Waals surface area contributed by atoms with Crippen molar-refractivity contribution in [2.75, 3.05) is 47.5 Å². The number of carboxylic acid groups (broad SMARTS) is 1. The fraction of sp³-hybridized carbons (Fsp3) is 0.911. The Kier molecular flexibility index (Phi) is 47.0. The Morgan fingerprint density at radius 2 is 0.785 bits per heavy atom. The van der Waals surface area contributed by atoms with Crippen molar-refractivity contribution in [1.82, 2.24) is 0 Å². The van der Waals surface area contributed by atoms with Crippen molar-refractivity contribution in [2.24, 2.45) is 0 Å². The van der Waals surface area contributed by atoms with E-state index < -0.39 is 24.3 Å². The number of rotatable bonds is 52. The quantitative estimate of drug-likeness (QED) is 0.0195. The molecule has 0 radical (unpaired) electrons. The highest BCUT2D eigenvalue weighted by Gasteiger charge is 2.22. The van der Waals surface area contributed by atoms with Gasteiger partial charge in [0, 0.05) is 12.8 Å². The molecule has 0 rings (SSSR count). The highest BCUT2D eigenvalue weighted by molar-refractivity contribution is 5.70. The number of carbonyl (C=O) groups excluding carboxylic acids is 3. The first-order valence-electron chi connectivity index (χ1n) is 27.8. The molecule has 9 nitrogen and oxygen atoms in total. The summed E-state index contributed by atoms with van der Waals surface area (Å²) >= 11 is 0. The second-order valence-corrected chi connectivity index (χ2v) is 20.2. The fourth-order valence-corrected chi connectivity index (χ4v) is 8.18. The van der Waals surface area contributed by atoms with Gasteiger partial charge in [-0.2, -0.15) is 0 Å². The molecule has 0 spiro atoms. The molecule has 9 heteroatoms. The maximum absolute atomic E-state index is 12.8. The molecule has 0 amide bonds. The molecule has 0 aromatic heterocycles. The number of carboxylic acids is 1. The number of allylic oxidation sites excluding steroid dienone is 2. The number of quaternary nitrogens is 1. The molecule has 384 valence electrons. The van der Waals surface area contributed by atoms with Gasteiger partial charge in [-0.05, 0) is 38.5 Å². The number of hydrogen-bond acceptors (Lipinski definition) is 8. The number of carbonyl (C=O) groups is 3. The van der Waals surface area contributed by atoms with Crippen LogP contribution in [0.3, 0.4) is 0 Å². The van der Waals surface area contributed by atoms with E-state index in [4.69, 9.17) is 18.9 Å². The zero-order chi connectivity index (χ0) is 47.7. The van der Waals surface area contributed by atoms with Gasteiger partial charge < -0.3 is 33.3 Å². The van der Waals surface area contributed by atoms with Crippen LogP contribution in [0.1, 0.15) is 271 Å². The first kappa shape index (κ1) is 63.0. The second kappa shape index (κ2) is 48.5. The van der Waals surface area contributed by atoms with Gasteiger partial charge in [0.2, 0.25) is 0 Å². The van der Waals surface area contributed by atoms with Crippen molar-refractivity contribution in [2.45, 2.75) is 283 Å². The van der Waals surface area contributed by atoms with Crippen molar-refractivity contribution in [3.8, 4) is 0 Å². The van der Waals surface area contributed by atoms with Crippen LogP contribution >= 0.6 is 0 Å². The third kappa shape index (κ3) is 49.8. The van der Waals surface area contributed by atoms with Crippen LogP contribution in [0.2, 0.25) is 0 Å². The maximum atomic E-state index is 12.8. The van der Waals surface area contributed by atoms with E-state index in [1.54, 1.807) is 0 Å². The molecule has 2 atom stereocenters. The first-order chi connectivity index (χ1) is 31.6. The lowest BCUT2D eigenvalue weighted by atomic mass is 10.0. The summed E-state index contributed by atoms with van der Waals surface area (Å²) in [6.07, 6.45) is 51.1. The first-order valence-corrected chi connectivity index (χ1v) is 27.8. The highest BCUT2D eigenvalue weighted by Crippen LogP contribution is 2.17. The highest BCUT2D eigenvalue weighted by atomic mass is 16.7. The molecule has 0 N–H and O–H groups in total. The summed E-state index contributed by atoms with van der Waals surface area (Å²) in [6, 6.07) is 0. The Morgan fingerprint density at radius 3 is 1.14 bits per heavy atom. The smallest absolute Gasteiger partial charge is 0.306 e. The summed E-state index contributed by atoms with van der Waals surface area (Å²) in [5.41, 5.74) is 0. The van der Waals surface area contributed by atoms with Gasteiger partial charge in [-0.25, -0.2) is 0 Å². The van der Waals surface area contributed by atoms with E-state index in [0.717, 1.165) is 38.5 Å². The predicted molar refractivity (Wildman–Crippen MR) is 270 cm³/mol. The van der Waals surface area contributed by atoms with E-state index in [1.807, 2.05) is 21.1 Å². The molecule has 0 fully saturated rings. The fourth-order valence-electron chi connectivity index (χ4n) is 8.18. The largest absolute Gasteiger partial charge is 0.545 e. The minimum Gasteiger partial charge on any atom is -0.545 e. The van der Waals surface area contributed by atoms with Crippen molar-refractivity contribution < 1.29 is 42.9 Å². The summed E-state index contributed by atoms with van der Waals surface area (Å²) in [5.74, 6) is -2.26. The number of likely N-dealkylation sites (N-methyl/N-ethyl adjacent to an activating group) is 1. The normalized spacial score (nSPS) is 12.8. The summed E-state index contributed by atoms with van der Waals surface area (Å²) in [7, 11) is 5.93. The van der Waals surface area contributed by atoms with E-state index in [1.165, 1.54) is 205 Å². The zero-order valence-electron chi connectivity index (χ0n) is 43.6. The van der Waals surface area contributed by atoms with Crippen LogP contribution in [-0.4, -0.2) is 82.3 Å². The van der Waals surface area contributed by atoms with E-state index in [2.05, 4.69) is 26.0 Å². The second-order valence-electron chi connectivity index (χ2n) is 20.2. The number of esters is 2. The summed E-state index contributed by atoms with van der Waals surface area (Å²) < 4.78 is 22.7. The van der Waals surface area contributed by atoms with Gasteiger partial charge in [-0.1, -0.05) is 231 Å². The molecular formula is C56H107NO8. The molecule has 0 bridgehead atoms. The van der Waals surface area contributed by atoms with Gasteiger partial charge in [0.15, 0.2) is 12.4 Å². The topological polar surface area (TPSA) is 111 Å². The Bertz CT molecular complexity index is 1070. The summed E-state index contributed by atoms with van der Waals surface area (Å²) in [5, 5.41) is 11.7. The molecule has 65 heavy (non-hydrogen) atoms. The number of ether oxygens (including phenoxy) is 4. The van der Waals surface area contributed by atoms with E-state index in [0.29, 0.717) is 17.4 Å². The number of hydrogen-bond donors (Lipinski definition) is 0. The molecule has 0 saturated heterocycles. The maximum Gasteiger partial charge on any atom is 0.306 e. The lowest BCUT2D eigenvalue weighted by Crippen LogP contribution is -2.44. The van der Waals surface area contributed by atoms with Gasteiger partial charge in [-0.3, -0.25) is 9.59 Å². The Hall–Kier alpha value is -1.97. The van der Waals surface area contributed by atoms with E-state index >= 15 is 0 Å². The molecule has 0 aromatic rings. The van der Waals surface area contributed by atoms with Crippen molar-refractivity contribution in [1.29, 1.82) is 0 Å². The summed E-state index contributed by atoms with van der Waals surface area (Å²) in [6.45, 7) is 4.80. The van der Waals surface area contributed by atoms with Gasteiger partial charge in [0.25, 0.3) is 0 Å². The molecule has 0 aliphatic carbocycles. The zero-order valence-corrected chi connectivity index (χ0v) is 43.6. The van der Waals surface area contributed by atoms with Crippen LogP contribution in [0, 0.1) is 0 Å². The lowest BCUT2D eigenvalue weighted by molar-refractivity contribution is -0.870. The molecule has 2 unspecified atom stereocenters. The Morgan fingerprint density at radius 1 is 0.446 bits per heavy atom. The molecule has 0 heterocycles. The van der Waals surface area contributed by atoms with Gasteiger partial charge in [-0.15, -0.1) is 0 Å². The van der Waals surface area contributed by atoms with Crippen molar-refractivity contribution in [3.63, 3.8) is 0 Å². The van der Waals surface area contributed by atoms with E-state index in [9.17, 15) is 19.5 Å². The van der Waals surface area contributed by atoms with E-state index in [-0.39, 0.29) is 32.2 Å². The van der Waals surface area contributed by atoms with Crippen LogP contribution in [0.5, 0.6) is 0 Å². The predicted octanol–water partition coefficient (Wildman–Crippen LogP) is 14.5. The SMILES string of the molecule is CCCCCCCCCC/C=C\CCCCCCCCCCCCCC(=O)OC(COC(=O)CCCCCCCCCCCCCCCCCCC)COC(OCC[N+](C)(C)C)C(=O)[O-]. The Balaban J connectivity index is 4.24. The van der Waals surface area contributed by atoms with Gasteiger partial charge in [0.1, 0.15) is 13.2 Å². The lowest BCUT2D eigenvalue weighted by Gasteiger charge is -2.26. The average Bonchev–Trinajstić information content (AvgIpc) is 3.27. The monoisotopic (exact) mass is 922 g/mol. The molecule has 0 aromatic carbocycles. The van der Waals surface area contributed by atoms with Crippen LogP contribution in [0.4, 0.5) is 0 Å². The van der Waals surface area contributed by atoms with Gasteiger partial charge >= 0.3 is 11.9 Å². The number of aliphatic carboxylic acids is 1. The third-order valence-corrected chi connectivity index (χ3v) is 12.5. The third-order valence-electron chi connectivity index (χ3n) is 12.5. The van der Waals surface area contributed by atoms with Crippen LogP contribution in [0.25, 0.3) is 0 Å². The molecule has 0 saturated carbocycles. The van der Waals surface area contributed by atoms with Crippen LogP contribution in [-0.2, 0) is 33.3 Å². The summed E-state index contributed by atoms with van der Waals surface area (Å²) in [4.78, 5) is 37.2. The average molecular weight is 922 g/mol. The molecular weight excluding hydrogens is 815 g/mol. The Labute approximate surface area is 402 Å². The standard InChI is InChI=1S/C56H107NO8/c1-6-8-10-12-14-16-18-20-22-24-25-26-27-28-29-31-33-35-37-39-41-43-45-47-54(59)65-52(51-64-56(55(60)61)62-49-48-57(3,4)5)50-63-53(58)46-44-42-40-38-36-34-32-30-23-21-19-17-15-13-11-9-7-2/h24-25,52,56H,6-23,26-51H2,1-5H3/b25-24-. The minimum absolute atomic E-state index is 0.151. The molecule has 0 aliphatic rings.